The van der Waals surface area contributed by atoms with Crippen molar-refractivity contribution < 1.29 is 4.79 Å². The minimum atomic E-state index is -0.300. The van der Waals surface area contributed by atoms with Crippen LogP contribution in [0, 0.1) is 17.8 Å². The molecule has 3 heteroatoms. The molecule has 2 N–H and O–H groups in total. The Balaban J connectivity index is 2.40. The van der Waals surface area contributed by atoms with Crippen molar-refractivity contribution in [2.75, 3.05) is 13.1 Å². The van der Waals surface area contributed by atoms with Crippen LogP contribution in [0.15, 0.2) is 0 Å². The standard InChI is InChI=1S/C14H28N2O/c1-10(2)9-13(15)14(17)16-7-5-12(6-8-16)11(3)4/h10-13H,5-9,15H2,1-4H3. The highest BCUT2D eigenvalue weighted by molar-refractivity contribution is 5.81. The molecule has 17 heavy (non-hydrogen) atoms. The highest BCUT2D eigenvalue weighted by atomic mass is 16.2. The van der Waals surface area contributed by atoms with E-state index in [2.05, 4.69) is 27.7 Å². The van der Waals surface area contributed by atoms with E-state index in [-0.39, 0.29) is 11.9 Å². The summed E-state index contributed by atoms with van der Waals surface area (Å²) in [7, 11) is 0. The van der Waals surface area contributed by atoms with Gasteiger partial charge in [0.25, 0.3) is 0 Å². The third kappa shape index (κ3) is 4.30. The molecule has 0 spiro atoms. The molecule has 0 aromatic carbocycles. The first-order chi connectivity index (χ1) is 7.91. The molecule has 1 unspecified atom stereocenters. The molecule has 0 aromatic heterocycles. The van der Waals surface area contributed by atoms with Crippen molar-refractivity contribution in [3.63, 3.8) is 0 Å². The molecule has 0 bridgehead atoms. The van der Waals surface area contributed by atoms with Gasteiger partial charge in [0.15, 0.2) is 0 Å². The number of nitrogens with zero attached hydrogens (tertiary/aromatic N) is 1. The van der Waals surface area contributed by atoms with Gasteiger partial charge in [-0.15, -0.1) is 0 Å². The van der Waals surface area contributed by atoms with Gasteiger partial charge in [0.1, 0.15) is 0 Å². The van der Waals surface area contributed by atoms with Crippen LogP contribution in [0.3, 0.4) is 0 Å². The summed E-state index contributed by atoms with van der Waals surface area (Å²) < 4.78 is 0. The SMILES string of the molecule is CC(C)CC(N)C(=O)N1CCC(C(C)C)CC1. The van der Waals surface area contributed by atoms with Crippen molar-refractivity contribution in [3.8, 4) is 0 Å². The monoisotopic (exact) mass is 240 g/mol. The number of rotatable bonds is 4. The zero-order chi connectivity index (χ0) is 13.0. The van der Waals surface area contributed by atoms with Crippen LogP contribution in [-0.4, -0.2) is 29.9 Å². The molecular formula is C14H28N2O. The van der Waals surface area contributed by atoms with E-state index in [9.17, 15) is 4.79 Å². The molecule has 0 aliphatic carbocycles. The van der Waals surface area contributed by atoms with Gasteiger partial charge in [0.2, 0.25) is 5.91 Å². The molecule has 0 saturated carbocycles. The Morgan fingerprint density at radius 1 is 1.24 bits per heavy atom. The minimum Gasteiger partial charge on any atom is -0.341 e. The Morgan fingerprint density at radius 2 is 1.76 bits per heavy atom. The van der Waals surface area contributed by atoms with E-state index in [4.69, 9.17) is 5.73 Å². The van der Waals surface area contributed by atoms with Crippen molar-refractivity contribution in [2.24, 2.45) is 23.5 Å². The van der Waals surface area contributed by atoms with Gasteiger partial charge in [0, 0.05) is 13.1 Å². The Labute approximate surface area is 106 Å². The number of carbonyl (C=O) groups is 1. The van der Waals surface area contributed by atoms with Gasteiger partial charge in [-0.1, -0.05) is 27.7 Å². The summed E-state index contributed by atoms with van der Waals surface area (Å²) in [6, 6.07) is -0.300. The van der Waals surface area contributed by atoms with E-state index in [1.807, 2.05) is 4.90 Å². The predicted octanol–water partition coefficient (Wildman–Crippen LogP) is 2.25. The third-order valence-electron chi connectivity index (χ3n) is 3.84. The van der Waals surface area contributed by atoms with Gasteiger partial charge in [0.05, 0.1) is 6.04 Å². The molecule has 1 amide bonds. The van der Waals surface area contributed by atoms with Crippen LogP contribution in [0.25, 0.3) is 0 Å². The van der Waals surface area contributed by atoms with Gasteiger partial charge < -0.3 is 10.6 Å². The van der Waals surface area contributed by atoms with Gasteiger partial charge in [-0.2, -0.15) is 0 Å². The lowest BCUT2D eigenvalue weighted by molar-refractivity contribution is -0.134. The maximum Gasteiger partial charge on any atom is 0.239 e. The second kappa shape index (κ2) is 6.39. The summed E-state index contributed by atoms with van der Waals surface area (Å²) in [5, 5.41) is 0. The van der Waals surface area contributed by atoms with E-state index < -0.39 is 0 Å². The average molecular weight is 240 g/mol. The number of nitrogens with two attached hydrogens (primary N) is 1. The molecule has 1 aliphatic rings. The molecule has 1 aliphatic heterocycles. The predicted molar refractivity (Wildman–Crippen MR) is 71.6 cm³/mol. The van der Waals surface area contributed by atoms with Crippen LogP contribution >= 0.6 is 0 Å². The quantitative estimate of drug-likeness (QED) is 0.819. The van der Waals surface area contributed by atoms with Crippen LogP contribution in [0.5, 0.6) is 0 Å². The highest BCUT2D eigenvalue weighted by Crippen LogP contribution is 2.24. The Hall–Kier alpha value is -0.570. The van der Waals surface area contributed by atoms with Gasteiger partial charge in [-0.05, 0) is 37.0 Å². The summed E-state index contributed by atoms with van der Waals surface area (Å²) >= 11 is 0. The Morgan fingerprint density at radius 3 is 2.18 bits per heavy atom. The third-order valence-corrected chi connectivity index (χ3v) is 3.84. The van der Waals surface area contributed by atoms with E-state index in [0.717, 1.165) is 44.2 Å². The average Bonchev–Trinajstić information content (AvgIpc) is 2.27. The molecule has 3 nitrogen and oxygen atoms in total. The van der Waals surface area contributed by atoms with Crippen LogP contribution in [0.1, 0.15) is 47.0 Å². The molecular weight excluding hydrogens is 212 g/mol. The zero-order valence-corrected chi connectivity index (χ0v) is 11.8. The van der Waals surface area contributed by atoms with Crippen molar-refractivity contribution in [3.05, 3.63) is 0 Å². The maximum atomic E-state index is 12.1. The van der Waals surface area contributed by atoms with E-state index in [1.165, 1.54) is 0 Å². The molecule has 0 aromatic rings. The summed E-state index contributed by atoms with van der Waals surface area (Å²) in [5.74, 6) is 2.15. The van der Waals surface area contributed by atoms with Crippen LogP contribution in [0.2, 0.25) is 0 Å². The molecule has 100 valence electrons. The van der Waals surface area contributed by atoms with E-state index in [1.54, 1.807) is 0 Å². The van der Waals surface area contributed by atoms with Crippen LogP contribution in [0.4, 0.5) is 0 Å². The van der Waals surface area contributed by atoms with Gasteiger partial charge in [-0.25, -0.2) is 0 Å². The first kappa shape index (κ1) is 14.5. The van der Waals surface area contributed by atoms with Crippen molar-refractivity contribution in [1.82, 2.24) is 4.90 Å². The maximum absolute atomic E-state index is 12.1. The number of hydrogen-bond acceptors (Lipinski definition) is 2. The fourth-order valence-corrected chi connectivity index (χ4v) is 2.63. The van der Waals surface area contributed by atoms with Crippen molar-refractivity contribution >= 4 is 5.91 Å². The number of likely N-dealkylation sites (tertiary alicyclic amines) is 1. The fourth-order valence-electron chi connectivity index (χ4n) is 2.63. The second-order valence-corrected chi connectivity index (χ2v) is 6.14. The zero-order valence-electron chi connectivity index (χ0n) is 11.8. The van der Waals surface area contributed by atoms with Crippen molar-refractivity contribution in [1.29, 1.82) is 0 Å². The summed E-state index contributed by atoms with van der Waals surface area (Å²) in [4.78, 5) is 14.1. The van der Waals surface area contributed by atoms with Gasteiger partial charge >= 0.3 is 0 Å². The summed E-state index contributed by atoms with van der Waals surface area (Å²) in [6.45, 7) is 10.6. The normalized spacial score (nSPS) is 20.1. The van der Waals surface area contributed by atoms with Crippen LogP contribution in [-0.2, 0) is 4.79 Å². The highest BCUT2D eigenvalue weighted by Gasteiger charge is 2.27. The lowest BCUT2D eigenvalue weighted by Gasteiger charge is -2.35. The Bertz CT molecular complexity index is 243. The molecule has 1 fully saturated rings. The fraction of sp³-hybridized carbons (Fsp3) is 0.929. The van der Waals surface area contributed by atoms with Gasteiger partial charge in [-0.3, -0.25) is 4.79 Å². The number of amides is 1. The minimum absolute atomic E-state index is 0.154. The molecule has 1 rings (SSSR count). The first-order valence-electron chi connectivity index (χ1n) is 6.96. The smallest absolute Gasteiger partial charge is 0.239 e. The van der Waals surface area contributed by atoms with E-state index >= 15 is 0 Å². The number of piperidine rings is 1. The van der Waals surface area contributed by atoms with Crippen molar-refractivity contribution in [2.45, 2.75) is 53.0 Å². The number of carbonyl (C=O) groups excluding carboxylic acids is 1. The topological polar surface area (TPSA) is 46.3 Å². The van der Waals surface area contributed by atoms with Crippen LogP contribution < -0.4 is 5.73 Å². The number of hydrogen-bond donors (Lipinski definition) is 1. The second-order valence-electron chi connectivity index (χ2n) is 6.14. The summed E-state index contributed by atoms with van der Waals surface area (Å²) in [5.41, 5.74) is 5.95. The summed E-state index contributed by atoms with van der Waals surface area (Å²) in [6.07, 6.45) is 3.07. The molecule has 1 heterocycles. The lowest BCUT2D eigenvalue weighted by atomic mass is 9.86. The Kier molecular flexibility index (Phi) is 5.44. The lowest BCUT2D eigenvalue weighted by Crippen LogP contribution is -2.48. The van der Waals surface area contributed by atoms with E-state index in [0.29, 0.717) is 5.92 Å². The molecule has 1 atom stereocenters. The molecule has 0 radical (unpaired) electrons. The first-order valence-corrected chi connectivity index (χ1v) is 6.96. The molecule has 1 saturated heterocycles. The largest absolute Gasteiger partial charge is 0.341 e.